The topological polar surface area (TPSA) is 79.4 Å². The third kappa shape index (κ3) is 4.75. The number of hydrogen-bond donors (Lipinski definition) is 1. The van der Waals surface area contributed by atoms with E-state index in [9.17, 15) is 17.6 Å². The van der Waals surface area contributed by atoms with Gasteiger partial charge < -0.3 is 0 Å². The van der Waals surface area contributed by atoms with Gasteiger partial charge in [0.25, 0.3) is 15.9 Å². The van der Waals surface area contributed by atoms with Crippen LogP contribution in [0.2, 0.25) is 5.02 Å². The molecule has 0 unspecified atom stereocenters. The minimum Gasteiger partial charge on any atom is -0.298 e. The Bertz CT molecular complexity index is 1460. The third-order valence-electron chi connectivity index (χ3n) is 4.67. The van der Waals surface area contributed by atoms with Crippen LogP contribution in [0.4, 0.5) is 15.2 Å². The zero-order chi connectivity index (χ0) is 23.6. The standard InChI is InChI=1S/C23H17ClFN3O3S2/c1-2-12-28(17-6-4-3-5-7-17)33(30,31)21-13-15(8-10-18(21)24)22(29)27-23-26-19-11-9-16(25)14-20(19)32-23/h2-11,13-14H,1,12H2,(H,26,27,29). The van der Waals surface area contributed by atoms with Crippen LogP contribution in [-0.4, -0.2) is 25.9 Å². The van der Waals surface area contributed by atoms with Gasteiger partial charge in [0.1, 0.15) is 10.7 Å². The second kappa shape index (κ2) is 9.30. The molecule has 6 nitrogen and oxygen atoms in total. The number of hydrogen-bond acceptors (Lipinski definition) is 5. The monoisotopic (exact) mass is 501 g/mol. The van der Waals surface area contributed by atoms with Crippen LogP contribution in [0.5, 0.6) is 0 Å². The van der Waals surface area contributed by atoms with Gasteiger partial charge in [-0.15, -0.1) is 6.58 Å². The quantitative estimate of drug-likeness (QED) is 0.328. The lowest BCUT2D eigenvalue weighted by atomic mass is 10.2. The Morgan fingerprint density at radius 2 is 1.91 bits per heavy atom. The number of fused-ring (bicyclic) bond motifs is 1. The molecular formula is C23H17ClFN3O3S2. The SMILES string of the molecule is C=CCN(c1ccccc1)S(=O)(=O)c1cc(C(=O)Nc2nc3ccc(F)cc3s2)ccc1Cl. The number of carbonyl (C=O) groups excluding carboxylic acids is 1. The van der Waals surface area contributed by atoms with E-state index in [0.29, 0.717) is 15.9 Å². The molecule has 1 aromatic heterocycles. The maximum atomic E-state index is 13.4. The Hall–Kier alpha value is -3.27. The van der Waals surface area contributed by atoms with E-state index in [4.69, 9.17) is 11.6 Å². The van der Waals surface area contributed by atoms with Gasteiger partial charge in [-0.05, 0) is 48.5 Å². The number of anilines is 2. The number of aromatic nitrogens is 1. The number of halogens is 2. The van der Waals surface area contributed by atoms with Gasteiger partial charge in [0.15, 0.2) is 5.13 Å². The van der Waals surface area contributed by atoms with E-state index in [1.807, 2.05) is 0 Å². The van der Waals surface area contributed by atoms with Crippen molar-refractivity contribution in [1.29, 1.82) is 0 Å². The van der Waals surface area contributed by atoms with E-state index in [1.165, 1.54) is 42.5 Å². The highest BCUT2D eigenvalue weighted by Gasteiger charge is 2.27. The molecule has 10 heteroatoms. The molecule has 0 aliphatic heterocycles. The number of nitrogens with zero attached hydrogens (tertiary/aromatic N) is 2. The zero-order valence-corrected chi connectivity index (χ0v) is 19.4. The first-order valence-corrected chi connectivity index (χ1v) is 12.3. The minimum absolute atomic E-state index is 0.0152. The molecule has 4 rings (SSSR count). The highest BCUT2D eigenvalue weighted by Crippen LogP contribution is 2.31. The molecule has 0 bridgehead atoms. The van der Waals surface area contributed by atoms with E-state index in [0.717, 1.165) is 15.6 Å². The fourth-order valence-corrected chi connectivity index (χ4v) is 5.96. The fraction of sp³-hybridized carbons (Fsp3) is 0.0435. The molecule has 1 N–H and O–H groups in total. The van der Waals surface area contributed by atoms with Crippen LogP contribution in [0.1, 0.15) is 10.4 Å². The number of thiazole rings is 1. The second-order valence-corrected chi connectivity index (χ2v) is 10.2. The van der Waals surface area contributed by atoms with E-state index in [-0.39, 0.29) is 27.2 Å². The van der Waals surface area contributed by atoms with Crippen molar-refractivity contribution in [2.45, 2.75) is 4.90 Å². The Labute approximate surface area is 199 Å². The Morgan fingerprint density at radius 1 is 1.15 bits per heavy atom. The maximum absolute atomic E-state index is 13.4. The van der Waals surface area contributed by atoms with Crippen LogP contribution in [0.3, 0.4) is 0 Å². The highest BCUT2D eigenvalue weighted by molar-refractivity contribution is 7.93. The molecule has 1 amide bonds. The fourth-order valence-electron chi connectivity index (χ4n) is 3.14. The van der Waals surface area contributed by atoms with Gasteiger partial charge in [-0.3, -0.25) is 14.4 Å². The smallest absolute Gasteiger partial charge is 0.266 e. The summed E-state index contributed by atoms with van der Waals surface area (Å²) in [6, 6.07) is 16.6. The molecule has 0 fully saturated rings. The van der Waals surface area contributed by atoms with Crippen molar-refractivity contribution < 1.29 is 17.6 Å². The number of carbonyl (C=O) groups is 1. The number of nitrogens with one attached hydrogen (secondary N) is 1. The van der Waals surface area contributed by atoms with E-state index >= 15 is 0 Å². The number of rotatable bonds is 7. The van der Waals surface area contributed by atoms with Crippen LogP contribution in [0, 0.1) is 5.82 Å². The lowest BCUT2D eigenvalue weighted by molar-refractivity contribution is 0.102. The molecule has 0 aliphatic rings. The molecule has 0 saturated carbocycles. The number of para-hydroxylation sites is 1. The van der Waals surface area contributed by atoms with Crippen molar-refractivity contribution in [1.82, 2.24) is 4.98 Å². The highest BCUT2D eigenvalue weighted by atomic mass is 35.5. The molecule has 1 heterocycles. The van der Waals surface area contributed by atoms with Crippen molar-refractivity contribution in [2.24, 2.45) is 0 Å². The molecule has 3 aromatic carbocycles. The molecular weight excluding hydrogens is 485 g/mol. The van der Waals surface area contributed by atoms with Crippen LogP contribution in [-0.2, 0) is 10.0 Å². The molecule has 33 heavy (non-hydrogen) atoms. The number of sulfonamides is 1. The van der Waals surface area contributed by atoms with Crippen LogP contribution < -0.4 is 9.62 Å². The predicted molar refractivity (Wildman–Crippen MR) is 130 cm³/mol. The molecule has 0 spiro atoms. The van der Waals surface area contributed by atoms with Gasteiger partial charge in [0.05, 0.1) is 27.5 Å². The number of benzene rings is 3. The summed E-state index contributed by atoms with van der Waals surface area (Å²) in [6.45, 7) is 3.65. The summed E-state index contributed by atoms with van der Waals surface area (Å²) in [7, 11) is -4.11. The predicted octanol–water partition coefficient (Wildman–Crippen LogP) is 5.72. The Kier molecular flexibility index (Phi) is 6.46. The normalized spacial score (nSPS) is 11.3. The summed E-state index contributed by atoms with van der Waals surface area (Å²) in [4.78, 5) is 16.9. The summed E-state index contributed by atoms with van der Waals surface area (Å²) in [5, 5.41) is 2.87. The summed E-state index contributed by atoms with van der Waals surface area (Å²) in [5.41, 5.74) is 1.05. The van der Waals surface area contributed by atoms with Crippen molar-refractivity contribution in [3.63, 3.8) is 0 Å². The van der Waals surface area contributed by atoms with E-state index < -0.39 is 21.7 Å². The third-order valence-corrected chi connectivity index (χ3v) is 7.88. The molecule has 0 atom stereocenters. The Balaban J connectivity index is 1.67. The van der Waals surface area contributed by atoms with Crippen LogP contribution in [0.25, 0.3) is 10.2 Å². The van der Waals surface area contributed by atoms with Crippen LogP contribution in [0.15, 0.2) is 84.3 Å². The zero-order valence-electron chi connectivity index (χ0n) is 17.0. The molecule has 0 aliphatic carbocycles. The van der Waals surface area contributed by atoms with Crippen molar-refractivity contribution in [2.75, 3.05) is 16.2 Å². The van der Waals surface area contributed by atoms with E-state index in [2.05, 4.69) is 16.9 Å². The van der Waals surface area contributed by atoms with Gasteiger partial charge in [0.2, 0.25) is 0 Å². The summed E-state index contributed by atoms with van der Waals surface area (Å²) >= 11 is 7.35. The van der Waals surface area contributed by atoms with E-state index in [1.54, 1.807) is 30.3 Å². The first kappa shape index (κ1) is 22.9. The summed E-state index contributed by atoms with van der Waals surface area (Å²) in [5.74, 6) is -0.975. The van der Waals surface area contributed by atoms with Gasteiger partial charge in [-0.25, -0.2) is 17.8 Å². The molecule has 168 valence electrons. The largest absolute Gasteiger partial charge is 0.298 e. The van der Waals surface area contributed by atoms with Gasteiger partial charge in [0, 0.05) is 5.56 Å². The number of amides is 1. The van der Waals surface area contributed by atoms with Gasteiger partial charge in [-0.2, -0.15) is 0 Å². The van der Waals surface area contributed by atoms with Crippen molar-refractivity contribution in [3.05, 3.63) is 95.8 Å². The van der Waals surface area contributed by atoms with Gasteiger partial charge in [-0.1, -0.05) is 47.2 Å². The molecule has 0 radical (unpaired) electrons. The summed E-state index contributed by atoms with van der Waals surface area (Å²) in [6.07, 6.45) is 1.46. The Morgan fingerprint density at radius 3 is 2.64 bits per heavy atom. The lowest BCUT2D eigenvalue weighted by Crippen LogP contribution is -2.31. The average Bonchev–Trinajstić information content (AvgIpc) is 3.19. The van der Waals surface area contributed by atoms with Crippen molar-refractivity contribution in [3.8, 4) is 0 Å². The lowest BCUT2D eigenvalue weighted by Gasteiger charge is -2.24. The molecule has 0 saturated heterocycles. The van der Waals surface area contributed by atoms with Crippen molar-refractivity contribution >= 4 is 59.9 Å². The minimum atomic E-state index is -4.11. The first-order chi connectivity index (χ1) is 15.8. The maximum Gasteiger partial charge on any atom is 0.266 e. The van der Waals surface area contributed by atoms with Gasteiger partial charge >= 0.3 is 0 Å². The summed E-state index contributed by atoms with van der Waals surface area (Å²) < 4.78 is 42.0. The first-order valence-electron chi connectivity index (χ1n) is 9.65. The molecule has 4 aromatic rings. The second-order valence-electron chi connectivity index (χ2n) is 6.89. The average molecular weight is 502 g/mol. The van der Waals surface area contributed by atoms with Crippen LogP contribution >= 0.6 is 22.9 Å².